The highest BCUT2D eigenvalue weighted by Gasteiger charge is 2.48. The molecular formula is C49H40O4P+. The summed E-state index contributed by atoms with van der Waals surface area (Å²) in [6.07, 6.45) is 2.86. The highest BCUT2D eigenvalue weighted by molar-refractivity contribution is 7.95. The normalized spacial score (nSPS) is 15.6. The molecule has 5 heteroatoms. The number of rotatable bonds is 10. The zero-order valence-electron chi connectivity index (χ0n) is 29.9. The number of Topliss-reactive ketones (excluding diaryl/α,β-unsaturated/α-hetero) is 1. The van der Waals surface area contributed by atoms with Crippen LogP contribution in [-0.2, 0) is 12.2 Å². The first-order valence-electron chi connectivity index (χ1n) is 18.6. The second kappa shape index (κ2) is 14.5. The van der Waals surface area contributed by atoms with Crippen LogP contribution >= 0.6 is 7.26 Å². The van der Waals surface area contributed by atoms with Crippen LogP contribution in [0.15, 0.2) is 188 Å². The van der Waals surface area contributed by atoms with Crippen molar-refractivity contribution in [2.24, 2.45) is 0 Å². The second-order valence-corrected chi connectivity index (χ2v) is 17.6. The maximum absolute atomic E-state index is 13.7. The Hall–Kier alpha value is -5.96. The minimum absolute atomic E-state index is 0.0247. The fourth-order valence-corrected chi connectivity index (χ4v) is 12.4. The molecule has 7 aromatic carbocycles. The topological polar surface area (TPSA) is 44.8 Å². The van der Waals surface area contributed by atoms with Crippen LogP contribution in [-0.4, -0.2) is 11.9 Å². The van der Waals surface area contributed by atoms with E-state index in [1.54, 1.807) is 6.07 Å². The summed E-state index contributed by atoms with van der Waals surface area (Å²) >= 11 is 0. The molecule has 0 fully saturated rings. The zero-order chi connectivity index (χ0) is 36.4. The molecule has 0 aromatic heterocycles. The molecule has 264 valence electrons. The molecule has 54 heavy (non-hydrogen) atoms. The van der Waals surface area contributed by atoms with Crippen LogP contribution in [0, 0.1) is 0 Å². The van der Waals surface area contributed by atoms with Crippen molar-refractivity contribution in [3.05, 3.63) is 216 Å². The Morgan fingerprint density at radius 1 is 0.537 bits per heavy atom. The molecule has 7 aromatic rings. The lowest BCUT2D eigenvalue weighted by Crippen LogP contribution is -2.36. The number of carbonyl (C=O) groups excluding carboxylic acids is 1. The summed E-state index contributed by atoms with van der Waals surface area (Å²) in [5.41, 5.74) is 4.45. The molecule has 0 saturated carbocycles. The average Bonchev–Trinajstić information content (AvgIpc) is 3.66. The van der Waals surface area contributed by atoms with Crippen molar-refractivity contribution in [1.82, 2.24) is 0 Å². The van der Waals surface area contributed by atoms with E-state index in [9.17, 15) is 4.79 Å². The van der Waals surface area contributed by atoms with Gasteiger partial charge in [0.2, 0.25) is 5.75 Å². The average molecular weight is 724 g/mol. The summed E-state index contributed by atoms with van der Waals surface area (Å²) in [5, 5.41) is 4.22. The van der Waals surface area contributed by atoms with Gasteiger partial charge in [0, 0.05) is 11.1 Å². The van der Waals surface area contributed by atoms with Gasteiger partial charge in [-0.05, 0) is 72.5 Å². The van der Waals surface area contributed by atoms with E-state index in [0.29, 0.717) is 22.8 Å². The molecule has 4 nitrogen and oxygen atoms in total. The van der Waals surface area contributed by atoms with Gasteiger partial charge in [0.1, 0.15) is 29.3 Å². The Morgan fingerprint density at radius 2 is 1.04 bits per heavy atom. The van der Waals surface area contributed by atoms with E-state index in [2.05, 4.69) is 115 Å². The van der Waals surface area contributed by atoms with Crippen molar-refractivity contribution in [1.29, 1.82) is 0 Å². The first-order valence-corrected chi connectivity index (χ1v) is 20.6. The Kier molecular flexibility index (Phi) is 9.06. The van der Waals surface area contributed by atoms with Crippen molar-refractivity contribution in [2.75, 3.05) is 6.16 Å². The Balaban J connectivity index is 0.964. The highest BCUT2D eigenvalue weighted by Crippen LogP contribution is 2.57. The maximum atomic E-state index is 13.7. The molecule has 1 unspecified atom stereocenters. The number of ketones is 1. The Labute approximate surface area is 317 Å². The maximum Gasteiger partial charge on any atom is 0.305 e. The molecule has 2 aliphatic rings. The van der Waals surface area contributed by atoms with Crippen LogP contribution in [0.25, 0.3) is 0 Å². The lowest BCUT2D eigenvalue weighted by molar-refractivity contribution is -0.0473. The van der Waals surface area contributed by atoms with E-state index in [-0.39, 0.29) is 12.2 Å². The summed E-state index contributed by atoms with van der Waals surface area (Å²) in [6, 6.07) is 65.2. The predicted molar refractivity (Wildman–Crippen MR) is 218 cm³/mol. The predicted octanol–water partition coefficient (Wildman–Crippen LogP) is 9.99. The van der Waals surface area contributed by atoms with Gasteiger partial charge in [-0.25, -0.2) is 0 Å². The van der Waals surface area contributed by atoms with Gasteiger partial charge in [-0.1, -0.05) is 140 Å². The van der Waals surface area contributed by atoms with E-state index < -0.39 is 19.2 Å². The zero-order valence-corrected chi connectivity index (χ0v) is 30.8. The van der Waals surface area contributed by atoms with Crippen molar-refractivity contribution in [2.45, 2.75) is 31.2 Å². The molecule has 0 saturated heterocycles. The van der Waals surface area contributed by atoms with Crippen LogP contribution in [0.1, 0.15) is 51.6 Å². The van der Waals surface area contributed by atoms with Crippen molar-refractivity contribution in [3.8, 4) is 17.2 Å². The van der Waals surface area contributed by atoms with Gasteiger partial charge in [-0.2, -0.15) is 0 Å². The molecule has 2 aliphatic heterocycles. The Bertz CT molecular complexity index is 2230. The molecule has 9 rings (SSSR count). The fourth-order valence-electron chi connectivity index (χ4n) is 8.04. The number of hydrogen-bond donors (Lipinski definition) is 0. The SMILES string of the molecule is O=C1CC(c2ccc(CCC[P+](c3ccccc3)(c3ccccc3)c3ccccc3)cc2)Oc2c1ccc1c2OC(c2ccccc2)(c2ccccc2)O1. The number of ether oxygens (including phenoxy) is 3. The lowest BCUT2D eigenvalue weighted by atomic mass is 9.95. The molecule has 2 heterocycles. The van der Waals surface area contributed by atoms with E-state index in [1.807, 2.05) is 66.7 Å². The fraction of sp³-hybridized carbons (Fsp3) is 0.122. The molecule has 0 spiro atoms. The Morgan fingerprint density at radius 3 is 1.56 bits per heavy atom. The summed E-state index contributed by atoms with van der Waals surface area (Å²) in [5.74, 6) is 0.261. The summed E-state index contributed by atoms with van der Waals surface area (Å²) in [4.78, 5) is 13.7. The largest absolute Gasteiger partial charge is 0.480 e. The van der Waals surface area contributed by atoms with Crippen LogP contribution in [0.3, 0.4) is 0 Å². The number of carbonyl (C=O) groups is 1. The van der Waals surface area contributed by atoms with Gasteiger partial charge < -0.3 is 14.2 Å². The minimum Gasteiger partial charge on any atom is -0.480 e. The molecule has 0 aliphatic carbocycles. The standard InChI is InChI=1S/C49H40O4P/c50-44-35-46(51-47-43(44)32-33-45-48(47)53-49(52-45,38-18-6-1-7-19-38)39-20-8-2-9-21-39)37-30-28-36(29-31-37)17-16-34-54(40-22-10-3-11-23-40,41-24-12-4-13-25-41)42-26-14-5-15-27-42/h1-15,18-33,46H,16-17,34-35H2/q+1. The second-order valence-electron chi connectivity index (χ2n) is 13.9. The minimum atomic E-state index is -1.90. The van der Waals surface area contributed by atoms with Crippen LogP contribution in [0.4, 0.5) is 0 Å². The monoisotopic (exact) mass is 723 g/mol. The van der Waals surface area contributed by atoms with E-state index in [1.165, 1.54) is 21.5 Å². The summed E-state index contributed by atoms with van der Waals surface area (Å²) < 4.78 is 20.1. The third-order valence-corrected chi connectivity index (χ3v) is 15.2. The third kappa shape index (κ3) is 6.07. The summed E-state index contributed by atoms with van der Waals surface area (Å²) in [7, 11) is -1.90. The summed E-state index contributed by atoms with van der Waals surface area (Å²) in [6.45, 7) is 0. The van der Waals surface area contributed by atoms with Gasteiger partial charge in [0.15, 0.2) is 17.3 Å². The van der Waals surface area contributed by atoms with E-state index in [4.69, 9.17) is 14.2 Å². The van der Waals surface area contributed by atoms with Crippen molar-refractivity contribution in [3.63, 3.8) is 0 Å². The van der Waals surface area contributed by atoms with Crippen LogP contribution < -0.4 is 30.1 Å². The van der Waals surface area contributed by atoms with Crippen LogP contribution in [0.5, 0.6) is 17.2 Å². The van der Waals surface area contributed by atoms with Gasteiger partial charge in [0.05, 0.1) is 18.1 Å². The number of aryl methyl sites for hydroxylation is 1. The molecule has 0 amide bonds. The highest BCUT2D eigenvalue weighted by atomic mass is 31.2. The quantitative estimate of drug-likeness (QED) is 0.132. The lowest BCUT2D eigenvalue weighted by Gasteiger charge is -2.29. The van der Waals surface area contributed by atoms with Gasteiger partial charge in [-0.3, -0.25) is 4.79 Å². The third-order valence-electron chi connectivity index (χ3n) is 10.7. The molecule has 1 atom stereocenters. The van der Waals surface area contributed by atoms with Gasteiger partial charge >= 0.3 is 5.79 Å². The molecular weight excluding hydrogens is 684 g/mol. The smallest absolute Gasteiger partial charge is 0.305 e. The van der Waals surface area contributed by atoms with E-state index in [0.717, 1.165) is 35.7 Å². The first-order chi connectivity index (χ1) is 26.6. The van der Waals surface area contributed by atoms with Gasteiger partial charge in [-0.15, -0.1) is 0 Å². The molecule has 0 bridgehead atoms. The number of fused-ring (bicyclic) bond motifs is 3. The molecule has 0 radical (unpaired) electrons. The van der Waals surface area contributed by atoms with Crippen LogP contribution in [0.2, 0.25) is 0 Å². The number of benzene rings is 7. The van der Waals surface area contributed by atoms with E-state index >= 15 is 0 Å². The van der Waals surface area contributed by atoms with Gasteiger partial charge in [0.25, 0.3) is 0 Å². The number of hydrogen-bond acceptors (Lipinski definition) is 4. The molecule has 0 N–H and O–H groups in total. The van der Waals surface area contributed by atoms with Crippen molar-refractivity contribution >= 4 is 29.0 Å². The first kappa shape index (κ1) is 33.8. The van der Waals surface area contributed by atoms with Crippen molar-refractivity contribution < 1.29 is 19.0 Å².